The van der Waals surface area contributed by atoms with Gasteiger partial charge in [-0.25, -0.2) is 0 Å². The fourth-order valence-electron chi connectivity index (χ4n) is 2.29. The monoisotopic (exact) mass is 331 g/mol. The maximum absolute atomic E-state index is 11.1. The number of benzene rings is 1. The zero-order chi connectivity index (χ0) is 15.1. The lowest BCUT2D eigenvalue weighted by Crippen LogP contribution is -2.37. The van der Waals surface area contributed by atoms with Crippen molar-refractivity contribution < 1.29 is 14.4 Å². The van der Waals surface area contributed by atoms with E-state index in [2.05, 4.69) is 10.2 Å². The molecule has 1 aromatic carbocycles. The van der Waals surface area contributed by atoms with E-state index in [1.54, 1.807) is 12.1 Å². The number of nitrogens with one attached hydrogen (secondary N) is 1. The van der Waals surface area contributed by atoms with E-state index < -0.39 is 4.92 Å². The molecule has 0 unspecified atom stereocenters. The smallest absolute Gasteiger partial charge is 0.296 e. The van der Waals surface area contributed by atoms with Crippen LogP contribution in [0, 0.1) is 10.1 Å². The number of rotatable bonds is 7. The third kappa shape index (κ3) is 5.32. The van der Waals surface area contributed by atoms with E-state index in [0.29, 0.717) is 18.0 Å². The minimum absolute atomic E-state index is 0. The molecule has 1 aromatic rings. The standard InChI is InChI=1S/C14H21N3O4.ClH/c1-20-12-3-4-13(14(11-12)17(18)19)15-5-2-6-16-7-9-21-10-8-16;/h3-4,11,15H,2,5-10H2,1H3;1H. The quantitative estimate of drug-likeness (QED) is 0.469. The van der Waals surface area contributed by atoms with Gasteiger partial charge in [0, 0.05) is 19.6 Å². The molecule has 0 spiro atoms. The predicted molar refractivity (Wildman–Crippen MR) is 87.3 cm³/mol. The van der Waals surface area contributed by atoms with Gasteiger partial charge >= 0.3 is 0 Å². The van der Waals surface area contributed by atoms with Crippen molar-refractivity contribution in [1.82, 2.24) is 4.90 Å². The Morgan fingerprint density at radius 2 is 2.14 bits per heavy atom. The average molecular weight is 332 g/mol. The molecule has 22 heavy (non-hydrogen) atoms. The first kappa shape index (κ1) is 18.5. The van der Waals surface area contributed by atoms with Crippen molar-refractivity contribution in [3.05, 3.63) is 28.3 Å². The highest BCUT2D eigenvalue weighted by Crippen LogP contribution is 2.28. The van der Waals surface area contributed by atoms with E-state index in [9.17, 15) is 10.1 Å². The second-order valence-electron chi connectivity index (χ2n) is 4.87. The predicted octanol–water partition coefficient (Wildman–Crippen LogP) is 2.16. The van der Waals surface area contributed by atoms with Gasteiger partial charge in [-0.15, -0.1) is 12.4 Å². The van der Waals surface area contributed by atoms with Crippen LogP contribution in [0.4, 0.5) is 11.4 Å². The molecule has 0 aromatic heterocycles. The summed E-state index contributed by atoms with van der Waals surface area (Å²) in [4.78, 5) is 13.0. The summed E-state index contributed by atoms with van der Waals surface area (Å²) < 4.78 is 10.3. The lowest BCUT2D eigenvalue weighted by atomic mass is 10.2. The summed E-state index contributed by atoms with van der Waals surface area (Å²) in [6, 6.07) is 4.84. The average Bonchev–Trinajstić information content (AvgIpc) is 2.52. The van der Waals surface area contributed by atoms with Crippen molar-refractivity contribution in [3.8, 4) is 5.75 Å². The number of hydrogen-bond donors (Lipinski definition) is 1. The highest BCUT2D eigenvalue weighted by molar-refractivity contribution is 5.85. The zero-order valence-corrected chi connectivity index (χ0v) is 13.4. The van der Waals surface area contributed by atoms with Crippen LogP contribution in [0.3, 0.4) is 0 Å². The molecule has 1 aliphatic rings. The number of nitro benzene ring substituents is 1. The number of morpholine rings is 1. The van der Waals surface area contributed by atoms with Gasteiger partial charge in [0.1, 0.15) is 11.4 Å². The molecule has 7 nitrogen and oxygen atoms in total. The molecule has 2 rings (SSSR count). The first-order valence-electron chi connectivity index (χ1n) is 7.07. The summed E-state index contributed by atoms with van der Waals surface area (Å²) in [5.41, 5.74) is 0.573. The Bertz CT molecular complexity index is 481. The summed E-state index contributed by atoms with van der Waals surface area (Å²) in [5, 5.41) is 14.2. The van der Waals surface area contributed by atoms with Gasteiger partial charge in [0.25, 0.3) is 5.69 Å². The summed E-state index contributed by atoms with van der Waals surface area (Å²) in [7, 11) is 1.49. The second kappa shape index (κ2) is 9.45. The Balaban J connectivity index is 0.00000242. The van der Waals surface area contributed by atoms with E-state index in [1.807, 2.05) is 0 Å². The van der Waals surface area contributed by atoms with Crippen molar-refractivity contribution >= 4 is 23.8 Å². The highest BCUT2D eigenvalue weighted by Gasteiger charge is 2.15. The van der Waals surface area contributed by atoms with Crippen molar-refractivity contribution in [3.63, 3.8) is 0 Å². The molecule has 1 aliphatic heterocycles. The molecule has 1 N–H and O–H groups in total. The summed E-state index contributed by atoms with van der Waals surface area (Å²) in [6.45, 7) is 5.17. The maximum atomic E-state index is 11.1. The molecule has 124 valence electrons. The minimum Gasteiger partial charge on any atom is -0.496 e. The van der Waals surface area contributed by atoms with Gasteiger partial charge in [0.05, 0.1) is 31.3 Å². The Labute approximate surface area is 136 Å². The van der Waals surface area contributed by atoms with Crippen LogP contribution < -0.4 is 10.1 Å². The molecular weight excluding hydrogens is 310 g/mol. The van der Waals surface area contributed by atoms with E-state index in [0.717, 1.165) is 39.3 Å². The number of methoxy groups -OCH3 is 1. The normalized spacial score (nSPS) is 15.0. The largest absolute Gasteiger partial charge is 0.496 e. The molecule has 0 aliphatic carbocycles. The maximum Gasteiger partial charge on any atom is 0.296 e. The third-order valence-electron chi connectivity index (χ3n) is 3.47. The first-order valence-corrected chi connectivity index (χ1v) is 7.07. The Morgan fingerprint density at radius 1 is 1.41 bits per heavy atom. The van der Waals surface area contributed by atoms with E-state index >= 15 is 0 Å². The van der Waals surface area contributed by atoms with Crippen molar-refractivity contribution in [1.29, 1.82) is 0 Å². The number of nitrogens with zero attached hydrogens (tertiary/aromatic N) is 2. The van der Waals surface area contributed by atoms with Crippen LogP contribution in [0.1, 0.15) is 6.42 Å². The summed E-state index contributed by atoms with van der Waals surface area (Å²) in [6.07, 6.45) is 0.934. The molecule has 8 heteroatoms. The van der Waals surface area contributed by atoms with Gasteiger partial charge in [-0.1, -0.05) is 0 Å². The molecular formula is C14H22ClN3O4. The number of halogens is 1. The van der Waals surface area contributed by atoms with Crippen molar-refractivity contribution in [2.24, 2.45) is 0 Å². The molecule has 1 saturated heterocycles. The van der Waals surface area contributed by atoms with Crippen LogP contribution in [0.2, 0.25) is 0 Å². The van der Waals surface area contributed by atoms with Gasteiger partial charge in [-0.05, 0) is 25.1 Å². The van der Waals surface area contributed by atoms with Crippen LogP contribution in [-0.2, 0) is 4.74 Å². The van der Waals surface area contributed by atoms with Gasteiger partial charge in [-0.3, -0.25) is 15.0 Å². The third-order valence-corrected chi connectivity index (χ3v) is 3.47. The Morgan fingerprint density at radius 3 is 2.77 bits per heavy atom. The Kier molecular flexibility index (Phi) is 7.94. The van der Waals surface area contributed by atoms with E-state index in [-0.39, 0.29) is 18.1 Å². The van der Waals surface area contributed by atoms with Gasteiger partial charge in [0.2, 0.25) is 0 Å². The van der Waals surface area contributed by atoms with Crippen LogP contribution >= 0.6 is 12.4 Å². The summed E-state index contributed by atoms with van der Waals surface area (Å²) in [5.74, 6) is 0.487. The zero-order valence-electron chi connectivity index (χ0n) is 12.6. The lowest BCUT2D eigenvalue weighted by Gasteiger charge is -2.26. The molecule has 1 heterocycles. The topological polar surface area (TPSA) is 76.9 Å². The second-order valence-corrected chi connectivity index (χ2v) is 4.87. The molecule has 0 amide bonds. The van der Waals surface area contributed by atoms with Gasteiger partial charge in [0.15, 0.2) is 0 Å². The number of nitro groups is 1. The molecule has 0 atom stereocenters. The summed E-state index contributed by atoms with van der Waals surface area (Å²) >= 11 is 0. The van der Waals surface area contributed by atoms with Crippen LogP contribution in [0.5, 0.6) is 5.75 Å². The molecule has 0 radical (unpaired) electrons. The van der Waals surface area contributed by atoms with Crippen molar-refractivity contribution in [2.45, 2.75) is 6.42 Å². The minimum atomic E-state index is -0.396. The number of hydrogen-bond acceptors (Lipinski definition) is 6. The van der Waals surface area contributed by atoms with Crippen molar-refractivity contribution in [2.75, 3.05) is 51.8 Å². The number of ether oxygens (including phenoxy) is 2. The van der Waals surface area contributed by atoms with Gasteiger partial charge in [-0.2, -0.15) is 0 Å². The Hall–Kier alpha value is -1.57. The van der Waals surface area contributed by atoms with Gasteiger partial charge < -0.3 is 14.8 Å². The highest BCUT2D eigenvalue weighted by atomic mass is 35.5. The molecule has 1 fully saturated rings. The first-order chi connectivity index (χ1) is 10.2. The van der Waals surface area contributed by atoms with Crippen LogP contribution in [0.25, 0.3) is 0 Å². The molecule has 0 saturated carbocycles. The van der Waals surface area contributed by atoms with E-state index in [1.165, 1.54) is 13.2 Å². The lowest BCUT2D eigenvalue weighted by molar-refractivity contribution is -0.384. The fourth-order valence-corrected chi connectivity index (χ4v) is 2.29. The van der Waals surface area contributed by atoms with Crippen LogP contribution in [-0.4, -0.2) is 56.3 Å². The SMILES string of the molecule is COc1ccc(NCCCN2CCOCC2)c([N+](=O)[O-])c1.Cl. The molecule has 0 bridgehead atoms. The fraction of sp³-hybridized carbons (Fsp3) is 0.571. The van der Waals surface area contributed by atoms with E-state index in [4.69, 9.17) is 9.47 Å². The number of anilines is 1. The van der Waals surface area contributed by atoms with Crippen LogP contribution in [0.15, 0.2) is 18.2 Å².